The van der Waals surface area contributed by atoms with E-state index in [1.54, 1.807) is 0 Å². The topological polar surface area (TPSA) is 41.9 Å². The summed E-state index contributed by atoms with van der Waals surface area (Å²) in [6, 6.07) is 10.9. The second kappa shape index (κ2) is 6.87. The molecule has 0 aliphatic heterocycles. The summed E-state index contributed by atoms with van der Waals surface area (Å²) in [6.07, 6.45) is 3.94. The van der Waals surface area contributed by atoms with Crippen molar-refractivity contribution in [3.8, 4) is 0 Å². The van der Waals surface area contributed by atoms with Crippen LogP contribution in [0.25, 0.3) is 0 Å². The largest absolute Gasteiger partial charge is 0.311 e. The standard InChI is InChI=1S/C17H26N4/c1-14(16-8-6-5-7-9-16)20-17(2,3)13-18-10-15-11-19-21(4)12-15/h5-9,11-12,14,18,20H,10,13H2,1-4H3. The van der Waals surface area contributed by atoms with Gasteiger partial charge >= 0.3 is 0 Å². The molecule has 0 radical (unpaired) electrons. The van der Waals surface area contributed by atoms with Crippen molar-refractivity contribution in [2.45, 2.75) is 38.9 Å². The summed E-state index contributed by atoms with van der Waals surface area (Å²) in [5, 5.41) is 11.4. The fourth-order valence-corrected chi connectivity index (χ4v) is 2.54. The van der Waals surface area contributed by atoms with Crippen LogP contribution < -0.4 is 10.6 Å². The van der Waals surface area contributed by atoms with Gasteiger partial charge in [-0.1, -0.05) is 30.3 Å². The highest BCUT2D eigenvalue weighted by Gasteiger charge is 2.20. The van der Waals surface area contributed by atoms with Gasteiger partial charge in [-0.15, -0.1) is 0 Å². The normalized spacial score (nSPS) is 13.3. The van der Waals surface area contributed by atoms with E-state index in [9.17, 15) is 0 Å². The second-order valence-electron chi connectivity index (χ2n) is 6.29. The summed E-state index contributed by atoms with van der Waals surface area (Å²) >= 11 is 0. The molecule has 4 heteroatoms. The Morgan fingerprint density at radius 3 is 2.57 bits per heavy atom. The maximum Gasteiger partial charge on any atom is 0.0534 e. The molecule has 2 rings (SSSR count). The van der Waals surface area contributed by atoms with Crippen LogP contribution in [0.5, 0.6) is 0 Å². The summed E-state index contributed by atoms with van der Waals surface area (Å²) in [7, 11) is 1.94. The summed E-state index contributed by atoms with van der Waals surface area (Å²) in [5.41, 5.74) is 2.56. The number of aromatic nitrogens is 2. The Bertz CT molecular complexity index is 545. The van der Waals surface area contributed by atoms with Crippen LogP contribution >= 0.6 is 0 Å². The van der Waals surface area contributed by atoms with Crippen molar-refractivity contribution in [2.75, 3.05) is 6.54 Å². The first-order valence-corrected chi connectivity index (χ1v) is 7.47. The zero-order valence-corrected chi connectivity index (χ0v) is 13.4. The molecule has 1 aromatic heterocycles. The molecule has 2 aromatic rings. The molecular formula is C17H26N4. The molecule has 0 aliphatic rings. The quantitative estimate of drug-likeness (QED) is 0.822. The molecule has 21 heavy (non-hydrogen) atoms. The maximum atomic E-state index is 4.18. The molecule has 1 heterocycles. The van der Waals surface area contributed by atoms with Crippen LogP contribution in [0.3, 0.4) is 0 Å². The summed E-state index contributed by atoms with van der Waals surface area (Å²) < 4.78 is 1.83. The predicted molar refractivity (Wildman–Crippen MR) is 87.0 cm³/mol. The number of hydrogen-bond donors (Lipinski definition) is 2. The van der Waals surface area contributed by atoms with Crippen LogP contribution in [0.1, 0.15) is 37.9 Å². The van der Waals surface area contributed by atoms with Gasteiger partial charge in [0.05, 0.1) is 6.20 Å². The number of benzene rings is 1. The highest BCUT2D eigenvalue weighted by Crippen LogP contribution is 2.15. The van der Waals surface area contributed by atoms with E-state index in [0.29, 0.717) is 6.04 Å². The smallest absolute Gasteiger partial charge is 0.0534 e. The third kappa shape index (κ3) is 4.99. The first-order chi connectivity index (χ1) is 9.96. The molecule has 1 aromatic carbocycles. The van der Waals surface area contributed by atoms with Gasteiger partial charge in [-0.2, -0.15) is 5.10 Å². The lowest BCUT2D eigenvalue weighted by Crippen LogP contribution is -2.48. The highest BCUT2D eigenvalue weighted by molar-refractivity contribution is 5.18. The third-order valence-electron chi connectivity index (χ3n) is 3.56. The van der Waals surface area contributed by atoms with Crippen molar-refractivity contribution in [3.63, 3.8) is 0 Å². The van der Waals surface area contributed by atoms with Crippen molar-refractivity contribution in [1.29, 1.82) is 0 Å². The molecule has 4 nitrogen and oxygen atoms in total. The molecule has 0 amide bonds. The molecule has 114 valence electrons. The van der Waals surface area contributed by atoms with Crippen molar-refractivity contribution < 1.29 is 0 Å². The molecule has 0 fully saturated rings. The molecule has 1 atom stereocenters. The second-order valence-corrected chi connectivity index (χ2v) is 6.29. The number of nitrogens with one attached hydrogen (secondary N) is 2. The van der Waals surface area contributed by atoms with Crippen molar-refractivity contribution >= 4 is 0 Å². The van der Waals surface area contributed by atoms with Crippen LogP contribution in [0.15, 0.2) is 42.7 Å². The Kier molecular flexibility index (Phi) is 5.15. The lowest BCUT2D eigenvalue weighted by atomic mass is 10.0. The maximum absolute atomic E-state index is 4.18. The summed E-state index contributed by atoms with van der Waals surface area (Å²) in [6.45, 7) is 8.40. The van der Waals surface area contributed by atoms with Gasteiger partial charge in [-0.25, -0.2) is 0 Å². The van der Waals surface area contributed by atoms with Gasteiger partial charge in [0.1, 0.15) is 0 Å². The Morgan fingerprint density at radius 2 is 1.95 bits per heavy atom. The lowest BCUT2D eigenvalue weighted by molar-refractivity contribution is 0.330. The molecule has 0 saturated heterocycles. The van der Waals surface area contributed by atoms with Gasteiger partial charge in [0, 0.05) is 43.5 Å². The average Bonchev–Trinajstić information content (AvgIpc) is 2.84. The van der Waals surface area contributed by atoms with Crippen LogP contribution in [-0.2, 0) is 13.6 Å². The highest BCUT2D eigenvalue weighted by atomic mass is 15.2. The van der Waals surface area contributed by atoms with Crippen LogP contribution in [-0.4, -0.2) is 21.9 Å². The summed E-state index contributed by atoms with van der Waals surface area (Å²) in [4.78, 5) is 0. The van der Waals surface area contributed by atoms with E-state index in [4.69, 9.17) is 0 Å². The Labute approximate surface area is 127 Å². The molecule has 1 unspecified atom stereocenters. The van der Waals surface area contributed by atoms with Gasteiger partial charge < -0.3 is 10.6 Å². The van der Waals surface area contributed by atoms with E-state index in [1.807, 2.05) is 24.1 Å². The lowest BCUT2D eigenvalue weighted by Gasteiger charge is -2.31. The van der Waals surface area contributed by atoms with E-state index in [0.717, 1.165) is 13.1 Å². The van der Waals surface area contributed by atoms with E-state index in [2.05, 4.69) is 66.8 Å². The molecule has 0 bridgehead atoms. The number of aryl methyl sites for hydroxylation is 1. The van der Waals surface area contributed by atoms with Crippen molar-refractivity contribution in [1.82, 2.24) is 20.4 Å². The van der Waals surface area contributed by atoms with E-state index in [1.165, 1.54) is 11.1 Å². The SMILES string of the molecule is CC(NC(C)(C)CNCc1cnn(C)c1)c1ccccc1. The van der Waals surface area contributed by atoms with Gasteiger partial charge in [0.15, 0.2) is 0 Å². The van der Waals surface area contributed by atoms with Crippen LogP contribution in [0.2, 0.25) is 0 Å². The first-order valence-electron chi connectivity index (χ1n) is 7.47. The third-order valence-corrected chi connectivity index (χ3v) is 3.56. The molecule has 2 N–H and O–H groups in total. The molecule has 0 spiro atoms. The van der Waals surface area contributed by atoms with Crippen LogP contribution in [0, 0.1) is 0 Å². The minimum absolute atomic E-state index is 0.0253. The van der Waals surface area contributed by atoms with Gasteiger partial charge in [0.2, 0.25) is 0 Å². The number of hydrogen-bond acceptors (Lipinski definition) is 3. The average molecular weight is 286 g/mol. The van der Waals surface area contributed by atoms with Crippen molar-refractivity contribution in [3.05, 3.63) is 53.9 Å². The number of rotatable bonds is 7. The van der Waals surface area contributed by atoms with E-state index < -0.39 is 0 Å². The van der Waals surface area contributed by atoms with E-state index in [-0.39, 0.29) is 5.54 Å². The van der Waals surface area contributed by atoms with Gasteiger partial charge in [-0.05, 0) is 26.3 Å². The zero-order chi connectivity index (χ0) is 15.3. The zero-order valence-electron chi connectivity index (χ0n) is 13.4. The Balaban J connectivity index is 1.81. The molecule has 0 aliphatic carbocycles. The Morgan fingerprint density at radius 1 is 1.24 bits per heavy atom. The fraction of sp³-hybridized carbons (Fsp3) is 0.471. The Hall–Kier alpha value is -1.65. The monoisotopic (exact) mass is 286 g/mol. The van der Waals surface area contributed by atoms with Crippen molar-refractivity contribution in [2.24, 2.45) is 7.05 Å². The van der Waals surface area contributed by atoms with Gasteiger partial charge in [-0.3, -0.25) is 4.68 Å². The minimum atomic E-state index is 0.0253. The minimum Gasteiger partial charge on any atom is -0.311 e. The first kappa shape index (κ1) is 15.7. The van der Waals surface area contributed by atoms with Gasteiger partial charge in [0.25, 0.3) is 0 Å². The summed E-state index contributed by atoms with van der Waals surface area (Å²) in [5.74, 6) is 0. The fourth-order valence-electron chi connectivity index (χ4n) is 2.54. The predicted octanol–water partition coefficient (Wildman–Crippen LogP) is 2.64. The number of nitrogens with zero attached hydrogens (tertiary/aromatic N) is 2. The molecule has 0 saturated carbocycles. The van der Waals surface area contributed by atoms with Crippen LogP contribution in [0.4, 0.5) is 0 Å². The van der Waals surface area contributed by atoms with E-state index >= 15 is 0 Å². The molecular weight excluding hydrogens is 260 g/mol.